The summed E-state index contributed by atoms with van der Waals surface area (Å²) in [5.41, 5.74) is 3.06. The number of terminal acetylenes is 1. The maximum Gasteiger partial charge on any atom is 0.255 e. The Labute approximate surface area is 201 Å². The summed E-state index contributed by atoms with van der Waals surface area (Å²) < 4.78 is 20.7. The van der Waals surface area contributed by atoms with Crippen molar-refractivity contribution in [1.29, 1.82) is 0 Å². The van der Waals surface area contributed by atoms with Gasteiger partial charge in [-0.1, -0.05) is 24.6 Å². The molecule has 2 amide bonds. The molecule has 0 unspecified atom stereocenters. The first kappa shape index (κ1) is 26.1. The molecule has 6 nitrogen and oxygen atoms in total. The molecule has 1 aliphatic carbocycles. The highest BCUT2D eigenvalue weighted by atomic mass is 32.2. The largest absolute Gasteiger partial charge is 0.326 e. The van der Waals surface area contributed by atoms with Crippen LogP contribution in [0.3, 0.4) is 0 Å². The molecule has 182 valence electrons. The number of amides is 2. The minimum atomic E-state index is -2.74. The number of hydrogen-bond donors (Lipinski definition) is 2. The van der Waals surface area contributed by atoms with Crippen LogP contribution in [0.15, 0.2) is 48.5 Å². The van der Waals surface area contributed by atoms with E-state index >= 15 is 0 Å². The van der Waals surface area contributed by atoms with E-state index in [0.29, 0.717) is 23.1 Å². The van der Waals surface area contributed by atoms with Gasteiger partial charge in [0, 0.05) is 40.3 Å². The Morgan fingerprint density at radius 2 is 1.70 bits per heavy atom. The van der Waals surface area contributed by atoms with Crippen molar-refractivity contribution in [2.45, 2.75) is 51.2 Å². The predicted molar refractivity (Wildman–Crippen MR) is 140 cm³/mol. The van der Waals surface area contributed by atoms with E-state index in [2.05, 4.69) is 16.6 Å². The van der Waals surface area contributed by atoms with Crippen molar-refractivity contribution in [3.8, 4) is 12.3 Å². The zero-order chi connectivity index (χ0) is 24.6. The average Bonchev–Trinajstić information content (AvgIpc) is 3.22. The first-order valence-corrected chi connectivity index (χ1v) is 12.9. The first-order valence-electron chi connectivity index (χ1n) is 10.9. The lowest BCUT2D eigenvalue weighted by molar-refractivity contribution is -0.114. The molecule has 0 radical (unpaired) electrons. The Morgan fingerprint density at radius 1 is 1.06 bits per heavy atom. The molecule has 2 aromatic rings. The van der Waals surface area contributed by atoms with Gasteiger partial charge >= 0.3 is 0 Å². The lowest BCUT2D eigenvalue weighted by Crippen LogP contribution is -2.13. The van der Waals surface area contributed by atoms with Crippen LogP contribution in [0.1, 0.15) is 66.2 Å². The van der Waals surface area contributed by atoms with Crippen LogP contribution in [0.4, 0.5) is 11.4 Å². The van der Waals surface area contributed by atoms with Crippen molar-refractivity contribution >= 4 is 33.0 Å². The van der Waals surface area contributed by atoms with Gasteiger partial charge in [0.15, 0.2) is 0 Å². The summed E-state index contributed by atoms with van der Waals surface area (Å²) in [7, 11) is -2.74. The van der Waals surface area contributed by atoms with E-state index in [0.717, 1.165) is 18.5 Å². The van der Waals surface area contributed by atoms with Gasteiger partial charge in [0.1, 0.15) is 9.84 Å². The fourth-order valence-corrected chi connectivity index (χ4v) is 3.52. The third-order valence-corrected chi connectivity index (χ3v) is 7.34. The first-order chi connectivity index (χ1) is 15.5. The molecule has 0 aromatic heterocycles. The number of anilines is 2. The molecular weight excluding hydrogens is 436 g/mol. The van der Waals surface area contributed by atoms with E-state index in [1.54, 1.807) is 38.1 Å². The molecule has 0 aliphatic heterocycles. The lowest BCUT2D eigenvalue weighted by atomic mass is 9.89. The van der Waals surface area contributed by atoms with Crippen LogP contribution in [-0.2, 0) is 14.6 Å². The van der Waals surface area contributed by atoms with Gasteiger partial charge in [-0.3, -0.25) is 9.59 Å². The number of rotatable bonds is 5. The fourth-order valence-electron chi connectivity index (χ4n) is 3.52. The Morgan fingerprint density at radius 3 is 2.24 bits per heavy atom. The number of sulfone groups is 1. The standard InChI is InChI=1S/C22H22N2O2.C4H10O2S.3H2/c1-3-16-6-5-9-21(16)17-10-12-19(13-11-17)24-22(26)18-7-4-8-20(14-18)23-15(2)25;1-4(2)7(3,5)6;;;/h1,4,7-8,10-14,16,21H,5-6,9H2,2H3,(H,23,25)(H,24,26);4H,1-3H3;3*1H/t16-,21+;;;;/m1..../s1. The Hall–Kier alpha value is -3.11. The minimum Gasteiger partial charge on any atom is -0.326 e. The minimum absolute atomic E-state index is 0. The summed E-state index contributed by atoms with van der Waals surface area (Å²) in [6, 6.07) is 14.8. The summed E-state index contributed by atoms with van der Waals surface area (Å²) in [5, 5.41) is 5.34. The van der Waals surface area contributed by atoms with Crippen LogP contribution in [0.5, 0.6) is 0 Å². The quantitative estimate of drug-likeness (QED) is 0.552. The summed E-state index contributed by atoms with van der Waals surface area (Å²) in [4.78, 5) is 23.6. The van der Waals surface area contributed by atoms with Crippen LogP contribution in [0.2, 0.25) is 0 Å². The van der Waals surface area contributed by atoms with E-state index in [-0.39, 0.29) is 21.3 Å². The zero-order valence-electron chi connectivity index (χ0n) is 19.6. The highest BCUT2D eigenvalue weighted by molar-refractivity contribution is 7.91. The van der Waals surface area contributed by atoms with Crippen LogP contribution < -0.4 is 10.6 Å². The molecule has 1 fully saturated rings. The lowest BCUT2D eigenvalue weighted by Gasteiger charge is -2.15. The normalized spacial score (nSPS) is 17.5. The number of carbonyl (C=O) groups is 2. The Balaban J connectivity index is 0. The molecule has 1 aliphatic rings. The van der Waals surface area contributed by atoms with Gasteiger partial charge in [-0.05, 0) is 68.5 Å². The SMILES string of the molecule is C#C[C@@H]1CCC[C@@H]1c1ccc(NC(=O)c2cccc(NC(C)=O)c2)cc1.CC(C)S(C)(=O)=O.[HH].[HH].[HH]. The third kappa shape index (κ3) is 8.07. The summed E-state index contributed by atoms with van der Waals surface area (Å²) in [6.45, 7) is 4.76. The van der Waals surface area contributed by atoms with Gasteiger partial charge in [0.05, 0.1) is 5.25 Å². The highest BCUT2D eigenvalue weighted by Crippen LogP contribution is 2.39. The van der Waals surface area contributed by atoms with Crippen molar-refractivity contribution in [2.75, 3.05) is 16.9 Å². The molecule has 0 saturated heterocycles. The third-order valence-electron chi connectivity index (χ3n) is 5.63. The average molecular weight is 475 g/mol. The molecule has 7 heteroatoms. The molecule has 3 rings (SSSR count). The van der Waals surface area contributed by atoms with Crippen molar-refractivity contribution in [2.24, 2.45) is 5.92 Å². The second-order valence-corrected chi connectivity index (χ2v) is 11.1. The number of nitrogens with one attached hydrogen (secondary N) is 2. The van der Waals surface area contributed by atoms with Crippen LogP contribution in [0, 0.1) is 18.3 Å². The van der Waals surface area contributed by atoms with Gasteiger partial charge in [0.25, 0.3) is 5.91 Å². The second kappa shape index (κ2) is 11.7. The van der Waals surface area contributed by atoms with E-state index < -0.39 is 9.84 Å². The van der Waals surface area contributed by atoms with E-state index in [1.807, 2.05) is 24.3 Å². The van der Waals surface area contributed by atoms with Gasteiger partial charge in [-0.15, -0.1) is 12.3 Å². The Kier molecular flexibility index (Phi) is 9.24. The van der Waals surface area contributed by atoms with Crippen molar-refractivity contribution in [3.05, 3.63) is 59.7 Å². The van der Waals surface area contributed by atoms with Gasteiger partial charge in [-0.2, -0.15) is 0 Å². The van der Waals surface area contributed by atoms with E-state index in [1.165, 1.54) is 25.2 Å². The maximum absolute atomic E-state index is 12.4. The molecule has 0 spiro atoms. The zero-order valence-corrected chi connectivity index (χ0v) is 20.4. The van der Waals surface area contributed by atoms with Crippen LogP contribution in [0.25, 0.3) is 0 Å². The monoisotopic (exact) mass is 474 g/mol. The summed E-state index contributed by atoms with van der Waals surface area (Å²) in [6.07, 6.45) is 10.2. The van der Waals surface area contributed by atoms with Gasteiger partial charge in [-0.25, -0.2) is 8.42 Å². The molecular formula is C26H38N2O4S. The Bertz CT molecular complexity index is 1130. The van der Waals surface area contributed by atoms with Crippen LogP contribution >= 0.6 is 0 Å². The van der Waals surface area contributed by atoms with Crippen LogP contribution in [-0.4, -0.2) is 31.7 Å². The summed E-state index contributed by atoms with van der Waals surface area (Å²) in [5.74, 6) is 3.24. The molecule has 0 heterocycles. The predicted octanol–water partition coefficient (Wildman–Crippen LogP) is 5.59. The van der Waals surface area contributed by atoms with E-state index in [4.69, 9.17) is 6.42 Å². The molecule has 0 bridgehead atoms. The second-order valence-electron chi connectivity index (χ2n) is 8.53. The van der Waals surface area contributed by atoms with Crippen molar-refractivity contribution in [3.63, 3.8) is 0 Å². The van der Waals surface area contributed by atoms with E-state index in [9.17, 15) is 18.0 Å². The fraction of sp³-hybridized carbons (Fsp3) is 0.385. The highest BCUT2D eigenvalue weighted by Gasteiger charge is 2.26. The molecule has 33 heavy (non-hydrogen) atoms. The summed E-state index contributed by atoms with van der Waals surface area (Å²) >= 11 is 0. The smallest absolute Gasteiger partial charge is 0.255 e. The van der Waals surface area contributed by atoms with Crippen molar-refractivity contribution in [1.82, 2.24) is 0 Å². The van der Waals surface area contributed by atoms with Crippen molar-refractivity contribution < 1.29 is 22.3 Å². The molecule has 2 N–H and O–H groups in total. The van der Waals surface area contributed by atoms with Gasteiger partial charge < -0.3 is 10.6 Å². The molecule has 2 aromatic carbocycles. The molecule has 2 atom stereocenters. The number of carbonyl (C=O) groups excluding carboxylic acids is 2. The maximum atomic E-state index is 12.4. The number of benzene rings is 2. The topological polar surface area (TPSA) is 92.3 Å². The molecule has 1 saturated carbocycles. The van der Waals surface area contributed by atoms with Gasteiger partial charge in [0.2, 0.25) is 5.91 Å². The number of hydrogen-bond acceptors (Lipinski definition) is 4.